The van der Waals surface area contributed by atoms with Crippen molar-refractivity contribution in [3.05, 3.63) is 68.1 Å². The van der Waals surface area contributed by atoms with E-state index in [1.54, 1.807) is 0 Å². The lowest BCUT2D eigenvalue weighted by Crippen LogP contribution is -2.40. The molecule has 39 heavy (non-hydrogen) atoms. The number of amides is 2. The lowest BCUT2D eigenvalue weighted by molar-refractivity contribution is -0.131. The molecule has 0 spiro atoms. The first-order valence-electron chi connectivity index (χ1n) is 13.7. The van der Waals surface area contributed by atoms with Gasteiger partial charge in [-0.15, -0.1) is 0 Å². The maximum absolute atomic E-state index is 13.5. The van der Waals surface area contributed by atoms with Crippen LogP contribution in [0.2, 0.25) is 0 Å². The van der Waals surface area contributed by atoms with E-state index in [0.717, 1.165) is 53.8 Å². The SMILES string of the molecule is Cc1cc(C)c(CNC(=O)c2cc(C3=CCN(C(=O)CN(C)C)CC3)cc(NC3CCCC3)c2C=N)c(=O)[nH]1. The third-order valence-electron chi connectivity index (χ3n) is 7.59. The minimum Gasteiger partial charge on any atom is -0.382 e. The number of aryl methyl sites for hydroxylation is 2. The van der Waals surface area contributed by atoms with Gasteiger partial charge in [-0.05, 0) is 82.1 Å². The number of carbonyl (C=O) groups excluding carboxylic acids is 2. The summed E-state index contributed by atoms with van der Waals surface area (Å²) in [4.78, 5) is 45.0. The van der Waals surface area contributed by atoms with Crippen molar-refractivity contribution >= 4 is 29.3 Å². The molecular formula is C30H40N6O3. The number of aromatic nitrogens is 1. The van der Waals surface area contributed by atoms with Crippen molar-refractivity contribution in [2.75, 3.05) is 39.0 Å². The van der Waals surface area contributed by atoms with E-state index in [0.29, 0.717) is 48.8 Å². The van der Waals surface area contributed by atoms with Gasteiger partial charge in [-0.2, -0.15) is 0 Å². The van der Waals surface area contributed by atoms with Crippen LogP contribution in [0, 0.1) is 19.3 Å². The number of nitrogens with one attached hydrogen (secondary N) is 4. The summed E-state index contributed by atoms with van der Waals surface area (Å²) in [6.45, 7) is 5.30. The Labute approximate surface area is 230 Å². The number of H-pyrrole nitrogens is 1. The highest BCUT2D eigenvalue weighted by molar-refractivity contribution is 6.06. The molecule has 0 saturated heterocycles. The predicted octanol–water partition coefficient (Wildman–Crippen LogP) is 3.45. The van der Waals surface area contributed by atoms with Crippen molar-refractivity contribution in [1.29, 1.82) is 5.41 Å². The maximum atomic E-state index is 13.5. The lowest BCUT2D eigenvalue weighted by atomic mass is 9.93. The van der Waals surface area contributed by atoms with E-state index in [-0.39, 0.29) is 23.9 Å². The number of pyridine rings is 1. The van der Waals surface area contributed by atoms with E-state index in [9.17, 15) is 14.4 Å². The highest BCUT2D eigenvalue weighted by atomic mass is 16.2. The van der Waals surface area contributed by atoms with Crippen molar-refractivity contribution < 1.29 is 9.59 Å². The minimum atomic E-state index is -0.330. The first-order chi connectivity index (χ1) is 18.7. The Balaban J connectivity index is 1.64. The summed E-state index contributed by atoms with van der Waals surface area (Å²) in [5, 5.41) is 14.7. The second-order valence-corrected chi connectivity index (χ2v) is 10.9. The molecule has 0 atom stereocenters. The fourth-order valence-electron chi connectivity index (χ4n) is 5.49. The van der Waals surface area contributed by atoms with Crippen LogP contribution in [0.5, 0.6) is 0 Å². The largest absolute Gasteiger partial charge is 0.382 e. The fourth-order valence-corrected chi connectivity index (χ4v) is 5.49. The summed E-state index contributed by atoms with van der Waals surface area (Å²) in [7, 11) is 3.77. The van der Waals surface area contributed by atoms with Crippen LogP contribution in [0.15, 0.2) is 29.1 Å². The van der Waals surface area contributed by atoms with E-state index in [4.69, 9.17) is 5.41 Å². The van der Waals surface area contributed by atoms with Crippen LogP contribution in [-0.4, -0.2) is 72.6 Å². The van der Waals surface area contributed by atoms with E-state index in [1.807, 2.05) is 55.9 Å². The molecule has 1 aromatic carbocycles. The van der Waals surface area contributed by atoms with Gasteiger partial charge in [0.25, 0.3) is 11.5 Å². The van der Waals surface area contributed by atoms with Gasteiger partial charge in [0, 0.05) is 54.4 Å². The Morgan fingerprint density at radius 2 is 1.92 bits per heavy atom. The molecule has 1 fully saturated rings. The Bertz CT molecular complexity index is 1340. The molecule has 0 bridgehead atoms. The zero-order valence-electron chi connectivity index (χ0n) is 23.4. The molecule has 1 saturated carbocycles. The van der Waals surface area contributed by atoms with Crippen molar-refractivity contribution in [3.63, 3.8) is 0 Å². The number of benzene rings is 1. The molecule has 2 amide bonds. The van der Waals surface area contributed by atoms with E-state index in [1.165, 1.54) is 6.21 Å². The average molecular weight is 533 g/mol. The van der Waals surface area contributed by atoms with Gasteiger partial charge in [-0.3, -0.25) is 14.4 Å². The Hall–Kier alpha value is -3.72. The first-order valence-corrected chi connectivity index (χ1v) is 13.7. The number of anilines is 1. The number of likely N-dealkylation sites (N-methyl/N-ethyl adjacent to an activating group) is 1. The minimum absolute atomic E-state index is 0.0962. The summed E-state index contributed by atoms with van der Waals surface area (Å²) in [6, 6.07) is 6.07. The zero-order valence-corrected chi connectivity index (χ0v) is 23.4. The van der Waals surface area contributed by atoms with Gasteiger partial charge in [0.05, 0.1) is 12.1 Å². The van der Waals surface area contributed by atoms with E-state index < -0.39 is 0 Å². The highest BCUT2D eigenvalue weighted by Crippen LogP contribution is 2.31. The van der Waals surface area contributed by atoms with Crippen molar-refractivity contribution in [2.24, 2.45) is 0 Å². The summed E-state index contributed by atoms with van der Waals surface area (Å²) >= 11 is 0. The Kier molecular flexibility index (Phi) is 9.01. The number of hydrogen-bond donors (Lipinski definition) is 4. The zero-order chi connectivity index (χ0) is 28.1. The van der Waals surface area contributed by atoms with Gasteiger partial charge in [-0.25, -0.2) is 0 Å². The van der Waals surface area contributed by atoms with E-state index >= 15 is 0 Å². The molecule has 4 rings (SSSR count). The van der Waals surface area contributed by atoms with E-state index in [2.05, 4.69) is 21.7 Å². The average Bonchev–Trinajstić information content (AvgIpc) is 3.40. The summed E-state index contributed by atoms with van der Waals surface area (Å²) in [5.41, 5.74) is 5.61. The fraction of sp³-hybridized carbons (Fsp3) is 0.467. The normalized spacial score (nSPS) is 15.8. The van der Waals surface area contributed by atoms with Crippen LogP contribution < -0.4 is 16.2 Å². The lowest BCUT2D eigenvalue weighted by Gasteiger charge is -2.28. The van der Waals surface area contributed by atoms with Gasteiger partial charge in [0.15, 0.2) is 0 Å². The van der Waals surface area contributed by atoms with Crippen molar-refractivity contribution in [1.82, 2.24) is 20.1 Å². The standard InChI is InChI=1S/C30H40N6O3/c1-19-13-20(2)33-30(39)26(19)17-32-29(38)24-14-22(15-27(25(24)16-31)34-23-7-5-6-8-23)21-9-11-36(12-10-21)28(37)18-35(3)4/h9,13-16,23,31,34H,5-8,10-12,17-18H2,1-4H3,(H,32,38)(H,33,39). The first kappa shape index (κ1) is 28.3. The van der Waals surface area contributed by atoms with Crippen molar-refractivity contribution in [3.8, 4) is 0 Å². The third-order valence-corrected chi connectivity index (χ3v) is 7.59. The quantitative estimate of drug-likeness (QED) is 0.369. The molecule has 1 aromatic heterocycles. The molecule has 2 aliphatic rings. The van der Waals surface area contributed by atoms with Gasteiger partial charge in [0.2, 0.25) is 5.91 Å². The highest BCUT2D eigenvalue weighted by Gasteiger charge is 2.23. The second-order valence-electron chi connectivity index (χ2n) is 10.9. The van der Waals surface area contributed by atoms with Crippen LogP contribution in [-0.2, 0) is 11.3 Å². The van der Waals surface area contributed by atoms with Gasteiger partial charge in [0.1, 0.15) is 0 Å². The molecular weight excluding hydrogens is 492 g/mol. The molecule has 4 N–H and O–H groups in total. The molecule has 9 nitrogen and oxygen atoms in total. The Morgan fingerprint density at radius 1 is 1.18 bits per heavy atom. The number of hydrogen-bond acceptors (Lipinski definition) is 6. The number of rotatable bonds is 9. The molecule has 1 aliphatic heterocycles. The van der Waals surface area contributed by atoms with Gasteiger partial charge < -0.3 is 30.8 Å². The van der Waals surface area contributed by atoms with Crippen LogP contribution in [0.3, 0.4) is 0 Å². The third kappa shape index (κ3) is 6.84. The van der Waals surface area contributed by atoms with Crippen LogP contribution in [0.25, 0.3) is 5.57 Å². The molecule has 0 unspecified atom stereocenters. The summed E-state index contributed by atoms with van der Waals surface area (Å²) < 4.78 is 0. The van der Waals surface area contributed by atoms with Crippen LogP contribution in [0.1, 0.15) is 70.4 Å². The van der Waals surface area contributed by atoms with Gasteiger partial charge in [-0.1, -0.05) is 18.9 Å². The smallest absolute Gasteiger partial charge is 0.253 e. The second kappa shape index (κ2) is 12.4. The summed E-state index contributed by atoms with van der Waals surface area (Å²) in [6.07, 6.45) is 8.43. The van der Waals surface area contributed by atoms with Crippen LogP contribution >= 0.6 is 0 Å². The molecule has 2 aromatic rings. The monoisotopic (exact) mass is 532 g/mol. The molecule has 9 heteroatoms. The topological polar surface area (TPSA) is 121 Å². The van der Waals surface area contributed by atoms with Gasteiger partial charge >= 0.3 is 0 Å². The number of aromatic amines is 1. The maximum Gasteiger partial charge on any atom is 0.253 e. The predicted molar refractivity (Wildman–Crippen MR) is 156 cm³/mol. The van der Waals surface area contributed by atoms with Crippen molar-refractivity contribution in [2.45, 2.75) is 58.5 Å². The Morgan fingerprint density at radius 3 is 2.54 bits per heavy atom. The van der Waals surface area contributed by atoms with Crippen LogP contribution in [0.4, 0.5) is 5.69 Å². The number of carbonyl (C=O) groups is 2. The summed E-state index contributed by atoms with van der Waals surface area (Å²) in [5.74, 6) is -0.233. The molecule has 2 heterocycles. The molecule has 1 aliphatic carbocycles. The molecule has 208 valence electrons. The number of nitrogens with zero attached hydrogens (tertiary/aromatic N) is 2. The molecule has 0 radical (unpaired) electrons.